The van der Waals surface area contributed by atoms with Gasteiger partial charge in [0.25, 0.3) is 0 Å². The maximum Gasteiger partial charge on any atom is 0.223 e. The maximum atomic E-state index is 6.35. The Labute approximate surface area is 158 Å². The summed E-state index contributed by atoms with van der Waals surface area (Å²) in [7, 11) is 0. The molecule has 4 rings (SSSR count). The molecule has 0 amide bonds. The Kier molecular flexibility index (Phi) is 4.62. The van der Waals surface area contributed by atoms with Crippen molar-refractivity contribution in [1.82, 2.24) is 20.0 Å². The summed E-state index contributed by atoms with van der Waals surface area (Å²) >= 11 is 9.82. The van der Waals surface area contributed by atoms with Gasteiger partial charge in [0.15, 0.2) is 5.82 Å². The van der Waals surface area contributed by atoms with Crippen LogP contribution >= 0.6 is 27.5 Å². The molecule has 0 unspecified atom stereocenters. The zero-order valence-electron chi connectivity index (χ0n) is 13.7. The summed E-state index contributed by atoms with van der Waals surface area (Å²) in [5.74, 6) is 2.32. The predicted octanol–water partition coefficient (Wildman–Crippen LogP) is 3.66. The van der Waals surface area contributed by atoms with E-state index in [0.29, 0.717) is 10.9 Å². The van der Waals surface area contributed by atoms with Gasteiger partial charge in [0.2, 0.25) is 5.89 Å². The van der Waals surface area contributed by atoms with Gasteiger partial charge in [-0.2, -0.15) is 4.98 Å². The number of piperazine rings is 1. The Balaban J connectivity index is 1.46. The standard InChI is InChI=1S/C17H17BrClN5O/c1-11-20-15(22-25-11)10-23-4-6-24(7-5-23)16-3-2-12-8-13(18)9-14(19)17(12)21-16/h2-3,8-9H,4-7,10H2,1H3. The van der Waals surface area contributed by atoms with E-state index in [9.17, 15) is 0 Å². The molecule has 0 spiro atoms. The number of aromatic nitrogens is 3. The zero-order valence-corrected chi connectivity index (χ0v) is 16.1. The van der Waals surface area contributed by atoms with Crippen molar-refractivity contribution in [1.29, 1.82) is 0 Å². The van der Waals surface area contributed by atoms with Crippen molar-refractivity contribution < 1.29 is 4.52 Å². The number of aryl methyl sites for hydroxylation is 1. The fourth-order valence-corrected chi connectivity index (χ4v) is 3.94. The molecule has 0 saturated carbocycles. The minimum atomic E-state index is 0.609. The van der Waals surface area contributed by atoms with E-state index >= 15 is 0 Å². The number of fused-ring (bicyclic) bond motifs is 1. The second-order valence-electron chi connectivity index (χ2n) is 6.12. The fraction of sp³-hybridized carbons (Fsp3) is 0.353. The summed E-state index contributed by atoms with van der Waals surface area (Å²) in [5.41, 5.74) is 0.840. The molecule has 3 aromatic rings. The molecule has 0 atom stereocenters. The number of hydrogen-bond acceptors (Lipinski definition) is 6. The first kappa shape index (κ1) is 16.8. The molecule has 1 fully saturated rings. The molecule has 0 radical (unpaired) electrons. The number of nitrogens with zero attached hydrogens (tertiary/aromatic N) is 5. The minimum Gasteiger partial charge on any atom is -0.354 e. The lowest BCUT2D eigenvalue weighted by Gasteiger charge is -2.34. The van der Waals surface area contributed by atoms with Crippen LogP contribution in [0.2, 0.25) is 5.02 Å². The molecule has 1 aliphatic rings. The van der Waals surface area contributed by atoms with Gasteiger partial charge < -0.3 is 9.42 Å². The molecule has 25 heavy (non-hydrogen) atoms. The molecule has 1 aliphatic heterocycles. The van der Waals surface area contributed by atoms with Crippen LogP contribution in [0.25, 0.3) is 10.9 Å². The largest absolute Gasteiger partial charge is 0.354 e. The summed E-state index contributed by atoms with van der Waals surface area (Å²) in [6, 6.07) is 8.04. The van der Waals surface area contributed by atoms with Crippen molar-refractivity contribution in [3.05, 3.63) is 45.5 Å². The second kappa shape index (κ2) is 6.90. The molecule has 6 nitrogen and oxygen atoms in total. The van der Waals surface area contributed by atoms with E-state index in [1.165, 1.54) is 0 Å². The van der Waals surface area contributed by atoms with Crippen molar-refractivity contribution in [3.8, 4) is 0 Å². The summed E-state index contributed by atoms with van der Waals surface area (Å²) in [6.45, 7) is 6.20. The number of pyridine rings is 1. The highest BCUT2D eigenvalue weighted by atomic mass is 79.9. The van der Waals surface area contributed by atoms with Crippen LogP contribution in [0.15, 0.2) is 33.3 Å². The highest BCUT2D eigenvalue weighted by Gasteiger charge is 2.20. The van der Waals surface area contributed by atoms with Crippen molar-refractivity contribution >= 4 is 44.3 Å². The normalized spacial score (nSPS) is 15.9. The molecular formula is C17H17BrClN5O. The van der Waals surface area contributed by atoms with E-state index < -0.39 is 0 Å². The van der Waals surface area contributed by atoms with Crippen molar-refractivity contribution in [2.75, 3.05) is 31.1 Å². The van der Waals surface area contributed by atoms with Gasteiger partial charge in [-0.05, 0) is 24.3 Å². The van der Waals surface area contributed by atoms with Crippen LogP contribution in [-0.4, -0.2) is 46.2 Å². The van der Waals surface area contributed by atoms with Crippen LogP contribution in [0.4, 0.5) is 5.82 Å². The Bertz CT molecular complexity index is 907. The van der Waals surface area contributed by atoms with Crippen LogP contribution in [0.5, 0.6) is 0 Å². The van der Waals surface area contributed by atoms with E-state index in [1.807, 2.05) is 19.1 Å². The first-order valence-electron chi connectivity index (χ1n) is 8.11. The summed E-state index contributed by atoms with van der Waals surface area (Å²) in [5, 5.41) is 5.67. The third-order valence-electron chi connectivity index (χ3n) is 4.33. The van der Waals surface area contributed by atoms with E-state index in [4.69, 9.17) is 21.1 Å². The van der Waals surface area contributed by atoms with E-state index in [1.54, 1.807) is 0 Å². The third-order valence-corrected chi connectivity index (χ3v) is 5.07. The lowest BCUT2D eigenvalue weighted by atomic mass is 10.2. The van der Waals surface area contributed by atoms with Gasteiger partial charge in [-0.1, -0.05) is 32.7 Å². The van der Waals surface area contributed by atoms with Crippen LogP contribution in [0.1, 0.15) is 11.7 Å². The van der Waals surface area contributed by atoms with E-state index in [-0.39, 0.29) is 0 Å². The molecule has 130 valence electrons. The van der Waals surface area contributed by atoms with Crippen molar-refractivity contribution in [3.63, 3.8) is 0 Å². The number of halogens is 2. The van der Waals surface area contributed by atoms with Crippen molar-refractivity contribution in [2.45, 2.75) is 13.5 Å². The second-order valence-corrected chi connectivity index (χ2v) is 7.44. The summed E-state index contributed by atoms with van der Waals surface area (Å²) in [4.78, 5) is 13.6. The van der Waals surface area contributed by atoms with Gasteiger partial charge in [0, 0.05) is 43.0 Å². The Morgan fingerprint density at radius 2 is 1.96 bits per heavy atom. The van der Waals surface area contributed by atoms with Crippen LogP contribution in [0, 0.1) is 6.92 Å². The molecule has 8 heteroatoms. The lowest BCUT2D eigenvalue weighted by molar-refractivity contribution is 0.239. The molecule has 2 aromatic heterocycles. The Hall–Kier alpha value is -1.70. The molecule has 3 heterocycles. The van der Waals surface area contributed by atoms with Gasteiger partial charge in [0.1, 0.15) is 5.82 Å². The van der Waals surface area contributed by atoms with Gasteiger partial charge in [-0.3, -0.25) is 4.90 Å². The van der Waals surface area contributed by atoms with E-state index in [2.05, 4.69) is 48.0 Å². The number of benzene rings is 1. The molecule has 1 saturated heterocycles. The molecule has 0 aliphatic carbocycles. The van der Waals surface area contributed by atoms with Gasteiger partial charge in [-0.15, -0.1) is 0 Å². The SMILES string of the molecule is Cc1nc(CN2CCN(c3ccc4cc(Br)cc(Cl)c4n3)CC2)no1. The summed E-state index contributed by atoms with van der Waals surface area (Å²) < 4.78 is 6.00. The van der Waals surface area contributed by atoms with Gasteiger partial charge in [-0.25, -0.2) is 4.98 Å². The summed E-state index contributed by atoms with van der Waals surface area (Å²) in [6.07, 6.45) is 0. The number of rotatable bonds is 3. The maximum absolute atomic E-state index is 6.35. The average Bonchev–Trinajstić information content (AvgIpc) is 3.00. The number of anilines is 1. The molecular weight excluding hydrogens is 406 g/mol. The van der Waals surface area contributed by atoms with Crippen LogP contribution < -0.4 is 4.90 Å². The number of hydrogen-bond donors (Lipinski definition) is 0. The lowest BCUT2D eigenvalue weighted by Crippen LogP contribution is -2.46. The van der Waals surface area contributed by atoms with Crippen LogP contribution in [0.3, 0.4) is 0 Å². The monoisotopic (exact) mass is 421 g/mol. The molecule has 0 N–H and O–H groups in total. The van der Waals surface area contributed by atoms with Crippen molar-refractivity contribution in [2.24, 2.45) is 0 Å². The van der Waals surface area contributed by atoms with Gasteiger partial charge in [0.05, 0.1) is 17.1 Å². The Morgan fingerprint density at radius 1 is 1.16 bits per heavy atom. The highest BCUT2D eigenvalue weighted by molar-refractivity contribution is 9.10. The van der Waals surface area contributed by atoms with E-state index in [0.717, 1.165) is 59.7 Å². The van der Waals surface area contributed by atoms with Gasteiger partial charge >= 0.3 is 0 Å². The zero-order chi connectivity index (χ0) is 17.4. The Morgan fingerprint density at radius 3 is 2.68 bits per heavy atom. The first-order valence-corrected chi connectivity index (χ1v) is 9.28. The third kappa shape index (κ3) is 3.63. The average molecular weight is 423 g/mol. The minimum absolute atomic E-state index is 0.609. The topological polar surface area (TPSA) is 58.3 Å². The molecule has 0 bridgehead atoms. The quantitative estimate of drug-likeness (QED) is 0.642. The molecule has 1 aromatic carbocycles. The van der Waals surface area contributed by atoms with Crippen LogP contribution in [-0.2, 0) is 6.54 Å². The fourth-order valence-electron chi connectivity index (χ4n) is 3.06. The first-order chi connectivity index (χ1) is 12.1. The predicted molar refractivity (Wildman–Crippen MR) is 101 cm³/mol. The highest BCUT2D eigenvalue weighted by Crippen LogP contribution is 2.29. The smallest absolute Gasteiger partial charge is 0.223 e.